The van der Waals surface area contributed by atoms with Crippen molar-refractivity contribution in [3.05, 3.63) is 203 Å². The molecule has 0 spiro atoms. The van der Waals surface area contributed by atoms with Crippen LogP contribution in [0.2, 0.25) is 0 Å². The fourth-order valence-electron chi connectivity index (χ4n) is 13.1. The lowest BCUT2D eigenvalue weighted by Crippen LogP contribution is -2.61. The summed E-state index contributed by atoms with van der Waals surface area (Å²) in [5, 5.41) is 2.49. The maximum atomic E-state index is 6.51. The van der Waals surface area contributed by atoms with Crippen LogP contribution in [0.15, 0.2) is 170 Å². The molecule has 1 aliphatic carbocycles. The first-order chi connectivity index (χ1) is 37.4. The van der Waals surface area contributed by atoms with E-state index in [1.54, 1.807) is 0 Å². The molecule has 13 rings (SSSR count). The molecule has 0 saturated carbocycles. The third-order valence-electron chi connectivity index (χ3n) is 17.6. The molecule has 0 unspecified atom stereocenters. The van der Waals surface area contributed by atoms with Crippen molar-refractivity contribution in [1.82, 2.24) is 0 Å². The highest BCUT2D eigenvalue weighted by Crippen LogP contribution is 2.54. The van der Waals surface area contributed by atoms with Crippen LogP contribution in [0.1, 0.15) is 130 Å². The molecule has 9 aromatic rings. The second-order valence-corrected chi connectivity index (χ2v) is 27.4. The molecule has 6 heteroatoms. The van der Waals surface area contributed by atoms with Crippen molar-refractivity contribution in [2.45, 2.75) is 124 Å². The molecule has 0 N–H and O–H groups in total. The van der Waals surface area contributed by atoms with Crippen LogP contribution in [0.4, 0.5) is 51.2 Å². The van der Waals surface area contributed by atoms with Gasteiger partial charge in [-0.05, 0) is 166 Å². The number of fused-ring (bicyclic) bond motifs is 10. The van der Waals surface area contributed by atoms with Crippen LogP contribution in [0.3, 0.4) is 0 Å². The van der Waals surface area contributed by atoms with Gasteiger partial charge < -0.3 is 24.2 Å². The van der Waals surface area contributed by atoms with Crippen LogP contribution >= 0.6 is 0 Å². The molecule has 3 heterocycles. The van der Waals surface area contributed by atoms with E-state index in [1.165, 1.54) is 77.4 Å². The van der Waals surface area contributed by atoms with Crippen LogP contribution in [0, 0.1) is 0 Å². The van der Waals surface area contributed by atoms with Gasteiger partial charge in [-0.25, -0.2) is 0 Å². The Bertz CT molecular complexity index is 3920. The molecule has 0 radical (unpaired) electrons. The van der Waals surface area contributed by atoms with Gasteiger partial charge in [-0.3, -0.25) is 0 Å². The van der Waals surface area contributed by atoms with E-state index in [1.807, 2.05) is 0 Å². The predicted molar refractivity (Wildman–Crippen MR) is 336 cm³/mol. The summed E-state index contributed by atoms with van der Waals surface area (Å²) in [5.41, 5.74) is 24.1. The van der Waals surface area contributed by atoms with E-state index in [0.29, 0.717) is 13.2 Å². The first-order valence-electron chi connectivity index (χ1n) is 28.6. The summed E-state index contributed by atoms with van der Waals surface area (Å²) in [5.74, 6) is 1.57. The van der Waals surface area contributed by atoms with Gasteiger partial charge in [0, 0.05) is 57.0 Å². The molecule has 79 heavy (non-hydrogen) atoms. The zero-order valence-electron chi connectivity index (χ0n) is 48.8. The Morgan fingerprint density at radius 3 is 1.52 bits per heavy atom. The minimum Gasteiger partial charge on any atom is -0.486 e. The number of hydrogen-bond donors (Lipinski definition) is 0. The van der Waals surface area contributed by atoms with Crippen molar-refractivity contribution in [1.29, 1.82) is 0 Å². The molecule has 0 aromatic heterocycles. The summed E-state index contributed by atoms with van der Waals surface area (Å²) in [7, 11) is 0. The van der Waals surface area contributed by atoms with Gasteiger partial charge in [-0.2, -0.15) is 0 Å². The second-order valence-electron chi connectivity index (χ2n) is 27.4. The lowest BCUT2D eigenvalue weighted by Gasteiger charge is -2.45. The topological polar surface area (TPSA) is 28.2 Å². The fourth-order valence-corrected chi connectivity index (χ4v) is 13.1. The Morgan fingerprint density at radius 2 is 0.937 bits per heavy atom. The molecule has 0 fully saturated rings. The van der Waals surface area contributed by atoms with E-state index in [4.69, 9.17) is 9.47 Å². The van der Waals surface area contributed by atoms with Gasteiger partial charge >= 0.3 is 0 Å². The smallest absolute Gasteiger partial charge is 0.252 e. The Balaban J connectivity index is 1.13. The van der Waals surface area contributed by atoms with Crippen LogP contribution < -0.4 is 40.6 Å². The van der Waals surface area contributed by atoms with Gasteiger partial charge in [-0.1, -0.05) is 188 Å². The molecule has 4 aliphatic rings. The van der Waals surface area contributed by atoms with Crippen molar-refractivity contribution < 1.29 is 9.47 Å². The molecule has 3 aliphatic heterocycles. The summed E-state index contributed by atoms with van der Waals surface area (Å²) in [4.78, 5) is 7.57. The molecule has 0 amide bonds. The highest BCUT2D eigenvalue weighted by molar-refractivity contribution is 7.00. The monoisotopic (exact) mass is 1040 g/mol. The van der Waals surface area contributed by atoms with Crippen LogP contribution in [-0.4, -0.2) is 19.9 Å². The lowest BCUT2D eigenvalue weighted by molar-refractivity contribution is 0.172. The van der Waals surface area contributed by atoms with Gasteiger partial charge in [0.2, 0.25) is 0 Å². The number of nitrogens with zero attached hydrogens (tertiary/aromatic N) is 3. The van der Waals surface area contributed by atoms with Crippen molar-refractivity contribution >= 4 is 85.1 Å². The second kappa shape index (κ2) is 17.7. The Hall–Kier alpha value is -7.70. The summed E-state index contributed by atoms with van der Waals surface area (Å²) in [6, 6.07) is 65.6. The van der Waals surface area contributed by atoms with E-state index in [2.05, 4.69) is 281 Å². The third kappa shape index (κ3) is 8.26. The maximum absolute atomic E-state index is 6.51. The first kappa shape index (κ1) is 50.8. The molecule has 0 bridgehead atoms. The van der Waals surface area contributed by atoms with E-state index in [-0.39, 0.29) is 33.8 Å². The van der Waals surface area contributed by atoms with Crippen LogP contribution in [0.5, 0.6) is 11.5 Å². The SMILES string of the molecule is CC(C)(C)c1ccc(N(c2cc3c4c(c2)N(c2ccc(C(C)(C)C)cc2)c2cc5c(cc2B4c2cc(C(C)(C)C)ccc2N3c2ccc(C(C)(C)C)cc2)OCCO5)c2ccc3c4c(ccc3c2)C(C)(C)c2ccccc2-4)cc1. The largest absolute Gasteiger partial charge is 0.486 e. The summed E-state index contributed by atoms with van der Waals surface area (Å²) < 4.78 is 13.0. The number of anilines is 9. The highest BCUT2D eigenvalue weighted by atomic mass is 16.6. The molecular weight excluding hydrogens is 962 g/mol. The summed E-state index contributed by atoms with van der Waals surface area (Å²) in [6.45, 7) is 33.3. The zero-order valence-corrected chi connectivity index (χ0v) is 48.8. The van der Waals surface area contributed by atoms with Crippen molar-refractivity contribution in [3.8, 4) is 22.6 Å². The van der Waals surface area contributed by atoms with Gasteiger partial charge in [0.15, 0.2) is 11.5 Å². The Kier molecular flexibility index (Phi) is 11.3. The van der Waals surface area contributed by atoms with E-state index in [0.717, 1.165) is 57.0 Å². The minimum atomic E-state index is -0.133. The standard InChI is InChI=1S/C73H74BN3O2/c1-69(2,3)46-20-27-50(28-21-46)75(53-33-34-55-45(39-53)19-35-58-67(55)56-17-15-16-18-57(56)73(58,13)14)54-41-63-68-64(42-54)77(52-31-24-48(25-32-52)71(7,8)9)62-44-66-65(78-37-38-79-66)43-60(62)74(68)59-40-49(72(10,11)12)26-36-61(59)76(63)51-29-22-47(23-30-51)70(4,5)6/h15-36,39-44H,37-38H2,1-14H3. The molecule has 0 atom stereocenters. The zero-order chi connectivity index (χ0) is 55.3. The summed E-state index contributed by atoms with van der Waals surface area (Å²) >= 11 is 0. The number of rotatable bonds is 5. The molecule has 9 aromatic carbocycles. The third-order valence-corrected chi connectivity index (χ3v) is 17.6. The quantitative estimate of drug-likeness (QED) is 0.160. The fraction of sp³-hybridized carbons (Fsp3) is 0.288. The number of ether oxygens (including phenoxy) is 2. The Labute approximate surface area is 469 Å². The van der Waals surface area contributed by atoms with E-state index in [9.17, 15) is 0 Å². The summed E-state index contributed by atoms with van der Waals surface area (Å²) in [6.07, 6.45) is 0. The molecule has 0 saturated heterocycles. The van der Waals surface area contributed by atoms with E-state index < -0.39 is 0 Å². The van der Waals surface area contributed by atoms with Gasteiger partial charge in [0.1, 0.15) is 13.2 Å². The van der Waals surface area contributed by atoms with Gasteiger partial charge in [-0.15, -0.1) is 0 Å². The normalized spacial score (nSPS) is 15.1. The average Bonchev–Trinajstić information content (AvgIpc) is 3.76. The van der Waals surface area contributed by atoms with Crippen molar-refractivity contribution in [2.24, 2.45) is 0 Å². The van der Waals surface area contributed by atoms with Gasteiger partial charge in [0.05, 0.1) is 5.69 Å². The highest BCUT2D eigenvalue weighted by Gasteiger charge is 2.46. The van der Waals surface area contributed by atoms with Crippen molar-refractivity contribution in [2.75, 3.05) is 27.9 Å². The van der Waals surface area contributed by atoms with Crippen molar-refractivity contribution in [3.63, 3.8) is 0 Å². The van der Waals surface area contributed by atoms with Crippen LogP contribution in [0.25, 0.3) is 21.9 Å². The van der Waals surface area contributed by atoms with E-state index >= 15 is 0 Å². The van der Waals surface area contributed by atoms with Gasteiger partial charge in [0.25, 0.3) is 6.71 Å². The first-order valence-corrected chi connectivity index (χ1v) is 28.6. The average molecular weight is 1040 g/mol. The van der Waals surface area contributed by atoms with Crippen LogP contribution in [-0.2, 0) is 27.1 Å². The molecule has 5 nitrogen and oxygen atoms in total. The predicted octanol–water partition coefficient (Wildman–Crippen LogP) is 17.7. The molecular formula is C73H74BN3O2. The number of hydrogen-bond acceptors (Lipinski definition) is 5. The number of benzene rings is 9. The lowest BCUT2D eigenvalue weighted by atomic mass is 9.33. The molecule has 396 valence electrons. The minimum absolute atomic E-state index is 0.00956. The Morgan fingerprint density at radius 1 is 0.430 bits per heavy atom. The maximum Gasteiger partial charge on any atom is 0.252 e.